The van der Waals surface area contributed by atoms with Gasteiger partial charge in [-0.3, -0.25) is 0 Å². The molecule has 0 amide bonds. The summed E-state index contributed by atoms with van der Waals surface area (Å²) in [6.07, 6.45) is 0.937. The Hall–Kier alpha value is -1.26. The van der Waals surface area contributed by atoms with Gasteiger partial charge in [0.25, 0.3) is 0 Å². The first-order valence-electron chi connectivity index (χ1n) is 6.70. The van der Waals surface area contributed by atoms with Gasteiger partial charge in [-0.05, 0) is 58.2 Å². The summed E-state index contributed by atoms with van der Waals surface area (Å²) in [6.45, 7) is 3.26. The van der Waals surface area contributed by atoms with Gasteiger partial charge in [0.15, 0.2) is 0 Å². The van der Waals surface area contributed by atoms with Gasteiger partial charge in [0.05, 0.1) is 16.8 Å². The third kappa shape index (κ3) is 4.61. The van der Waals surface area contributed by atoms with Crippen molar-refractivity contribution >= 4 is 33.2 Å². The molecule has 0 unspecified atom stereocenters. The predicted molar refractivity (Wildman–Crippen MR) is 88.7 cm³/mol. The molecule has 5 heteroatoms. The Labute approximate surface area is 137 Å². The van der Waals surface area contributed by atoms with E-state index in [1.165, 1.54) is 6.07 Å². The van der Waals surface area contributed by atoms with Gasteiger partial charge in [-0.2, -0.15) is 0 Å². The summed E-state index contributed by atoms with van der Waals surface area (Å²) in [5, 5.41) is 3.91. The molecule has 21 heavy (non-hydrogen) atoms. The lowest BCUT2D eigenvalue weighted by molar-refractivity contribution is 0.319. The van der Waals surface area contributed by atoms with Gasteiger partial charge in [0.1, 0.15) is 11.6 Å². The minimum Gasteiger partial charge on any atom is -0.491 e. The molecule has 0 fully saturated rings. The monoisotopic (exact) mass is 371 g/mol. The van der Waals surface area contributed by atoms with E-state index in [2.05, 4.69) is 28.2 Å². The minimum atomic E-state index is -0.270. The Kier molecular flexibility index (Phi) is 5.88. The molecule has 0 saturated heterocycles. The number of anilines is 1. The first-order chi connectivity index (χ1) is 10.1. The zero-order chi connectivity index (χ0) is 15.2. The van der Waals surface area contributed by atoms with E-state index in [0.717, 1.165) is 23.4 Å². The van der Waals surface area contributed by atoms with Crippen LogP contribution in [0.4, 0.5) is 10.1 Å². The molecule has 0 aliphatic carbocycles. The van der Waals surface area contributed by atoms with Crippen LogP contribution in [0.25, 0.3) is 0 Å². The van der Waals surface area contributed by atoms with E-state index in [4.69, 9.17) is 16.3 Å². The van der Waals surface area contributed by atoms with Crippen molar-refractivity contribution in [3.63, 3.8) is 0 Å². The van der Waals surface area contributed by atoms with Crippen LogP contribution < -0.4 is 10.1 Å². The minimum absolute atomic E-state index is 0.270. The highest BCUT2D eigenvalue weighted by Crippen LogP contribution is 2.29. The molecule has 0 heterocycles. The fourth-order valence-electron chi connectivity index (χ4n) is 1.83. The highest BCUT2D eigenvalue weighted by Gasteiger charge is 2.06. The maximum absolute atomic E-state index is 13.2. The lowest BCUT2D eigenvalue weighted by Gasteiger charge is -2.13. The molecule has 0 aliphatic rings. The molecular weight excluding hydrogens is 357 g/mol. The summed E-state index contributed by atoms with van der Waals surface area (Å²) >= 11 is 9.21. The summed E-state index contributed by atoms with van der Waals surface area (Å²) in [4.78, 5) is 0. The lowest BCUT2D eigenvalue weighted by Crippen LogP contribution is -2.04. The smallest absolute Gasteiger partial charge is 0.142 e. The fraction of sp³-hybridized carbons (Fsp3) is 0.250. The standard InChI is InChI=1S/C16H16BrClFNO/c1-2-7-21-16-6-4-12(18)9-15(16)20-10-11-3-5-14(19)13(17)8-11/h3-6,8-9,20H,2,7,10H2,1H3. The van der Waals surface area contributed by atoms with Crippen LogP contribution in [-0.4, -0.2) is 6.61 Å². The van der Waals surface area contributed by atoms with Crippen molar-refractivity contribution in [1.29, 1.82) is 0 Å². The van der Waals surface area contributed by atoms with Gasteiger partial charge < -0.3 is 10.1 Å². The highest BCUT2D eigenvalue weighted by atomic mass is 79.9. The second kappa shape index (κ2) is 7.66. The van der Waals surface area contributed by atoms with Crippen LogP contribution in [0.3, 0.4) is 0 Å². The maximum atomic E-state index is 13.2. The molecule has 0 aliphatic heterocycles. The quantitative estimate of drug-likeness (QED) is 0.708. The largest absolute Gasteiger partial charge is 0.491 e. The molecule has 0 spiro atoms. The van der Waals surface area contributed by atoms with Crippen molar-refractivity contribution in [1.82, 2.24) is 0 Å². The van der Waals surface area contributed by atoms with E-state index in [0.29, 0.717) is 22.6 Å². The topological polar surface area (TPSA) is 21.3 Å². The second-order valence-electron chi connectivity index (χ2n) is 4.59. The van der Waals surface area contributed by atoms with Crippen LogP contribution in [0.1, 0.15) is 18.9 Å². The molecule has 2 aromatic rings. The predicted octanol–water partition coefficient (Wildman–Crippen LogP) is 5.64. The van der Waals surface area contributed by atoms with Crippen LogP contribution in [-0.2, 0) is 6.54 Å². The van der Waals surface area contributed by atoms with Gasteiger partial charge in [0.2, 0.25) is 0 Å². The zero-order valence-corrected chi connectivity index (χ0v) is 14.0. The third-order valence-electron chi connectivity index (χ3n) is 2.87. The maximum Gasteiger partial charge on any atom is 0.142 e. The zero-order valence-electron chi connectivity index (χ0n) is 11.6. The van der Waals surface area contributed by atoms with Crippen LogP contribution in [0.5, 0.6) is 5.75 Å². The molecule has 112 valence electrons. The average molecular weight is 373 g/mol. The number of halogens is 3. The number of ether oxygens (including phenoxy) is 1. The molecular formula is C16H16BrClFNO. The van der Waals surface area contributed by atoms with E-state index in [-0.39, 0.29) is 5.82 Å². The summed E-state index contributed by atoms with van der Waals surface area (Å²) in [7, 11) is 0. The number of hydrogen-bond donors (Lipinski definition) is 1. The van der Waals surface area contributed by atoms with Gasteiger partial charge in [-0.25, -0.2) is 4.39 Å². The Balaban J connectivity index is 2.10. The lowest BCUT2D eigenvalue weighted by atomic mass is 10.2. The molecule has 0 radical (unpaired) electrons. The molecule has 0 atom stereocenters. The fourth-order valence-corrected chi connectivity index (χ4v) is 2.42. The van der Waals surface area contributed by atoms with Crippen LogP contribution >= 0.6 is 27.5 Å². The number of hydrogen-bond acceptors (Lipinski definition) is 2. The van der Waals surface area contributed by atoms with Gasteiger partial charge in [-0.15, -0.1) is 0 Å². The van der Waals surface area contributed by atoms with E-state index in [1.807, 2.05) is 12.1 Å². The van der Waals surface area contributed by atoms with E-state index >= 15 is 0 Å². The molecule has 0 saturated carbocycles. The second-order valence-corrected chi connectivity index (χ2v) is 5.88. The highest BCUT2D eigenvalue weighted by molar-refractivity contribution is 9.10. The molecule has 2 aromatic carbocycles. The van der Waals surface area contributed by atoms with Crippen molar-refractivity contribution in [2.24, 2.45) is 0 Å². The Bertz CT molecular complexity index is 621. The average Bonchev–Trinajstić information content (AvgIpc) is 2.47. The van der Waals surface area contributed by atoms with Gasteiger partial charge in [0, 0.05) is 11.6 Å². The molecule has 0 bridgehead atoms. The van der Waals surface area contributed by atoms with Crippen molar-refractivity contribution in [2.75, 3.05) is 11.9 Å². The molecule has 0 aromatic heterocycles. The number of rotatable bonds is 6. The third-order valence-corrected chi connectivity index (χ3v) is 3.71. The van der Waals surface area contributed by atoms with Crippen LogP contribution in [0, 0.1) is 5.82 Å². The number of benzene rings is 2. The first kappa shape index (κ1) is 16.1. The van der Waals surface area contributed by atoms with Crippen LogP contribution in [0.2, 0.25) is 5.02 Å². The van der Waals surface area contributed by atoms with E-state index in [9.17, 15) is 4.39 Å². The summed E-state index contributed by atoms with van der Waals surface area (Å²) in [5.74, 6) is 0.496. The summed E-state index contributed by atoms with van der Waals surface area (Å²) in [5.41, 5.74) is 1.79. The summed E-state index contributed by atoms with van der Waals surface area (Å²) in [6, 6.07) is 10.4. The SMILES string of the molecule is CCCOc1ccc(Cl)cc1NCc1ccc(F)c(Br)c1. The number of nitrogens with one attached hydrogen (secondary N) is 1. The van der Waals surface area contributed by atoms with Crippen molar-refractivity contribution in [2.45, 2.75) is 19.9 Å². The van der Waals surface area contributed by atoms with Crippen LogP contribution in [0.15, 0.2) is 40.9 Å². The van der Waals surface area contributed by atoms with Crippen molar-refractivity contribution in [3.05, 3.63) is 57.3 Å². The molecule has 1 N–H and O–H groups in total. The molecule has 2 rings (SSSR count). The first-order valence-corrected chi connectivity index (χ1v) is 7.87. The Morgan fingerprint density at radius 1 is 1.24 bits per heavy atom. The normalized spacial score (nSPS) is 10.5. The van der Waals surface area contributed by atoms with E-state index < -0.39 is 0 Å². The van der Waals surface area contributed by atoms with Crippen molar-refractivity contribution in [3.8, 4) is 5.75 Å². The van der Waals surface area contributed by atoms with Gasteiger partial charge >= 0.3 is 0 Å². The van der Waals surface area contributed by atoms with E-state index in [1.54, 1.807) is 18.2 Å². The molecule has 2 nitrogen and oxygen atoms in total. The van der Waals surface area contributed by atoms with Crippen molar-refractivity contribution < 1.29 is 9.13 Å². The van der Waals surface area contributed by atoms with Gasteiger partial charge in [-0.1, -0.05) is 24.6 Å². The summed E-state index contributed by atoms with van der Waals surface area (Å²) < 4.78 is 19.3. The Morgan fingerprint density at radius 2 is 2.05 bits per heavy atom. The Morgan fingerprint density at radius 3 is 2.76 bits per heavy atom.